The van der Waals surface area contributed by atoms with Gasteiger partial charge < -0.3 is 25.2 Å². The van der Waals surface area contributed by atoms with Gasteiger partial charge in [0.2, 0.25) is 5.91 Å². The molecule has 6 rings (SSSR count). The zero-order valence-corrected chi connectivity index (χ0v) is 28.9. The van der Waals surface area contributed by atoms with Crippen molar-refractivity contribution in [3.8, 4) is 5.75 Å². The van der Waals surface area contributed by atoms with E-state index in [0.717, 1.165) is 0 Å². The van der Waals surface area contributed by atoms with Crippen molar-refractivity contribution in [2.75, 3.05) is 12.4 Å². The van der Waals surface area contributed by atoms with E-state index >= 15 is 0 Å². The van der Waals surface area contributed by atoms with E-state index in [1.54, 1.807) is 49.6 Å². The summed E-state index contributed by atoms with van der Waals surface area (Å²) in [6.07, 6.45) is -1.43. The molecule has 3 N–H and O–H groups in total. The van der Waals surface area contributed by atoms with E-state index in [2.05, 4.69) is 5.32 Å². The smallest absolute Gasteiger partial charge is 0.353 e. The van der Waals surface area contributed by atoms with Gasteiger partial charge in [0.25, 0.3) is 5.91 Å². The molecule has 0 bridgehead atoms. The second-order valence-corrected chi connectivity index (χ2v) is 15.6. The number of ether oxygens (including phenoxy) is 1. The number of aliphatic hydroxyl groups excluding tert-OH is 1. The number of carbonyl (C=O) groups excluding carboxylic acids is 3. The van der Waals surface area contributed by atoms with Crippen LogP contribution in [-0.4, -0.2) is 63.4 Å². The molecule has 10 heteroatoms. The van der Waals surface area contributed by atoms with Crippen molar-refractivity contribution in [2.45, 2.75) is 25.5 Å². The summed E-state index contributed by atoms with van der Waals surface area (Å²) in [5.41, 5.74) is 0.858. The Morgan fingerprint density at radius 2 is 1.27 bits per heavy atom. The van der Waals surface area contributed by atoms with Crippen molar-refractivity contribution in [1.29, 1.82) is 0 Å². The van der Waals surface area contributed by atoms with Crippen LogP contribution in [0, 0.1) is 5.92 Å². The van der Waals surface area contributed by atoms with E-state index in [-0.39, 0.29) is 23.0 Å². The predicted octanol–water partition coefficient (Wildman–Crippen LogP) is 4.94. The van der Waals surface area contributed by atoms with E-state index in [4.69, 9.17) is 4.74 Å². The highest BCUT2D eigenvalue weighted by atomic mass is 31.2. The molecule has 1 aliphatic rings. The van der Waals surface area contributed by atoms with Gasteiger partial charge in [-0.3, -0.25) is 14.4 Å². The van der Waals surface area contributed by atoms with Crippen LogP contribution in [0.5, 0.6) is 5.75 Å². The minimum Gasteiger partial charge on any atom is -0.497 e. The number of benzene rings is 5. The zero-order chi connectivity index (χ0) is 36.1. The van der Waals surface area contributed by atoms with Crippen molar-refractivity contribution in [3.05, 3.63) is 151 Å². The molecule has 5 aromatic carbocycles. The van der Waals surface area contributed by atoms with Gasteiger partial charge in [0.05, 0.1) is 25.2 Å². The van der Waals surface area contributed by atoms with Crippen molar-refractivity contribution >= 4 is 57.5 Å². The number of carbonyl (C=O) groups is 4. The molecule has 0 aromatic heterocycles. The zero-order valence-electron chi connectivity index (χ0n) is 28.0. The van der Waals surface area contributed by atoms with E-state index in [1.807, 2.05) is 91.0 Å². The summed E-state index contributed by atoms with van der Waals surface area (Å²) in [5, 5.41) is 27.0. The molecule has 1 heterocycles. The average Bonchev–Trinajstić information content (AvgIpc) is 3.16. The van der Waals surface area contributed by atoms with Crippen molar-refractivity contribution in [3.63, 3.8) is 0 Å². The normalized spacial score (nSPS) is 16.1. The van der Waals surface area contributed by atoms with Crippen LogP contribution in [0.25, 0.3) is 0 Å². The number of aliphatic carboxylic acids is 1. The number of Topliss-reactive ketones (excluding diaryl/α,β-unsaturated/α-hetero) is 1. The number of likely N-dealkylation sites (tertiary alicyclic amines) is 1. The van der Waals surface area contributed by atoms with Gasteiger partial charge in [-0.15, -0.1) is 0 Å². The third kappa shape index (κ3) is 6.74. The van der Waals surface area contributed by atoms with Crippen molar-refractivity contribution in [2.24, 2.45) is 5.92 Å². The van der Waals surface area contributed by atoms with E-state index in [9.17, 15) is 29.4 Å². The Labute approximate surface area is 296 Å². The van der Waals surface area contributed by atoms with E-state index in [0.29, 0.717) is 27.4 Å². The minimum absolute atomic E-state index is 0.140. The lowest BCUT2D eigenvalue weighted by atomic mass is 9.79. The molecular weight excluding hydrogens is 663 g/mol. The summed E-state index contributed by atoms with van der Waals surface area (Å²) in [5.74, 6) is -3.09. The van der Waals surface area contributed by atoms with Gasteiger partial charge in [-0.2, -0.15) is 0 Å². The van der Waals surface area contributed by atoms with Crippen LogP contribution >= 0.6 is 6.89 Å². The molecular formula is C41H37N2O7P. The lowest BCUT2D eigenvalue weighted by molar-refractivity contribution is -0.156. The second-order valence-electron chi connectivity index (χ2n) is 12.2. The summed E-state index contributed by atoms with van der Waals surface area (Å²) in [6, 6.07) is 39.9. The molecule has 258 valence electrons. The van der Waals surface area contributed by atoms with Crippen LogP contribution in [0.3, 0.4) is 0 Å². The lowest BCUT2D eigenvalue weighted by Gasteiger charge is -2.50. The molecule has 5 aromatic rings. The summed E-state index contributed by atoms with van der Waals surface area (Å²) < 4.78 is 5.17. The Morgan fingerprint density at radius 3 is 1.75 bits per heavy atom. The highest BCUT2D eigenvalue weighted by Gasteiger charge is 2.55. The first-order chi connectivity index (χ1) is 24.7. The maximum absolute atomic E-state index is 14.1. The Morgan fingerprint density at radius 1 is 0.765 bits per heavy atom. The molecule has 1 saturated heterocycles. The van der Waals surface area contributed by atoms with Gasteiger partial charge >= 0.3 is 5.97 Å². The van der Waals surface area contributed by atoms with Crippen LogP contribution in [0.15, 0.2) is 140 Å². The molecule has 1 fully saturated rings. The summed E-state index contributed by atoms with van der Waals surface area (Å²) in [4.78, 5) is 56.2. The lowest BCUT2D eigenvalue weighted by Crippen LogP contribution is -2.68. The fraction of sp³-hybridized carbons (Fsp3) is 0.146. The molecule has 9 nitrogen and oxygen atoms in total. The number of nitrogens with one attached hydrogen (secondary N) is 1. The minimum atomic E-state index is -3.28. The van der Waals surface area contributed by atoms with E-state index < -0.39 is 48.5 Å². The second kappa shape index (κ2) is 15.0. The maximum Gasteiger partial charge on any atom is 0.353 e. The Bertz CT molecular complexity index is 2020. The number of carboxylic acid groups (broad SMARTS) is 1. The van der Waals surface area contributed by atoms with Crippen LogP contribution in [0.1, 0.15) is 34.1 Å². The van der Waals surface area contributed by atoms with Gasteiger partial charge in [0.15, 0.2) is 5.78 Å². The van der Waals surface area contributed by atoms with Crippen LogP contribution in [-0.2, 0) is 9.59 Å². The number of nitrogens with zero attached hydrogens (tertiary/aromatic N) is 1. The van der Waals surface area contributed by atoms with Crippen LogP contribution < -0.4 is 26.0 Å². The highest BCUT2D eigenvalue weighted by molar-refractivity contribution is 7.96. The highest BCUT2D eigenvalue weighted by Crippen LogP contribution is 2.49. The first kappa shape index (κ1) is 35.1. The third-order valence-corrected chi connectivity index (χ3v) is 13.4. The fourth-order valence-electron chi connectivity index (χ4n) is 6.77. The molecule has 0 spiro atoms. The fourth-order valence-corrected chi connectivity index (χ4v) is 11.1. The summed E-state index contributed by atoms with van der Waals surface area (Å²) >= 11 is 0. The van der Waals surface area contributed by atoms with E-state index in [1.165, 1.54) is 17.9 Å². The summed E-state index contributed by atoms with van der Waals surface area (Å²) in [7, 11) is 1.55. The molecule has 0 unspecified atom stereocenters. The SMILES string of the molecule is COc1ccc(NC(=O)c2cccc(C(=O)C[C@@H]3[C@@H]([C@@H](C)O)C(=O)N3C(C(=O)O)=P(c3ccccc3)(c3ccccc3)c3ccccc3)c2)cc1. The van der Waals surface area contributed by atoms with Crippen molar-refractivity contribution in [1.82, 2.24) is 4.90 Å². The molecule has 0 saturated carbocycles. The van der Waals surface area contributed by atoms with Gasteiger partial charge in [0.1, 0.15) is 11.2 Å². The number of aliphatic hydroxyl groups is 1. The van der Waals surface area contributed by atoms with Crippen LogP contribution in [0.2, 0.25) is 0 Å². The average molecular weight is 701 g/mol. The van der Waals surface area contributed by atoms with Gasteiger partial charge in [-0.05, 0) is 59.2 Å². The molecule has 2 amide bonds. The maximum atomic E-state index is 14.1. The monoisotopic (exact) mass is 700 g/mol. The third-order valence-electron chi connectivity index (χ3n) is 9.15. The molecule has 3 atom stereocenters. The Hall–Kier alpha value is -5.76. The number of β-lactam (4-membered cyclic amide) rings is 1. The number of hydrogen-bond donors (Lipinski definition) is 3. The molecule has 51 heavy (non-hydrogen) atoms. The number of rotatable bonds is 12. The van der Waals surface area contributed by atoms with Gasteiger partial charge in [-0.1, -0.05) is 103 Å². The largest absolute Gasteiger partial charge is 0.497 e. The van der Waals surface area contributed by atoms with Crippen LogP contribution in [0.4, 0.5) is 5.69 Å². The standard InChI is InChI=1S/C41H37N2O7P/c1-27(44)37-35(26-36(45)28-13-12-14-29(25-28)38(46)42-30-21-23-31(50-2)24-22-30)43(39(37)47)40(41(48)49)51(32-15-6-3-7-16-32,33-17-8-4-9-18-33)34-19-10-5-11-20-34/h3-25,27,35,37,44H,26H2,1-2H3,(H,42,46)(H,48,49)/t27-,35-,37-/m1/s1. The number of ketones is 1. The quantitative estimate of drug-likeness (QED) is 0.0955. The number of amides is 2. The number of methoxy groups -OCH3 is 1. The number of hydrogen-bond acceptors (Lipinski definition) is 6. The van der Waals surface area contributed by atoms with Gasteiger partial charge in [-0.25, -0.2) is 4.79 Å². The predicted molar refractivity (Wildman–Crippen MR) is 200 cm³/mol. The number of carboxylic acids is 1. The molecule has 1 aliphatic heterocycles. The number of anilines is 1. The molecule has 0 radical (unpaired) electrons. The topological polar surface area (TPSA) is 133 Å². The summed E-state index contributed by atoms with van der Waals surface area (Å²) in [6.45, 7) is -1.81. The first-order valence-electron chi connectivity index (χ1n) is 16.4. The Balaban J connectivity index is 1.45. The first-order valence-corrected chi connectivity index (χ1v) is 18.2. The van der Waals surface area contributed by atoms with Crippen molar-refractivity contribution < 1.29 is 34.1 Å². The Kier molecular flexibility index (Phi) is 10.3. The molecule has 0 aliphatic carbocycles. The van der Waals surface area contributed by atoms with Gasteiger partial charge in [0, 0.05) is 30.1 Å².